The lowest BCUT2D eigenvalue weighted by Crippen LogP contribution is -2.50. The van der Waals surface area contributed by atoms with Gasteiger partial charge in [-0.15, -0.1) is 0 Å². The van der Waals surface area contributed by atoms with Crippen molar-refractivity contribution in [3.8, 4) is 11.5 Å². The number of anilines is 1. The largest absolute Gasteiger partial charge is 0.493 e. The van der Waals surface area contributed by atoms with E-state index in [0.29, 0.717) is 35.6 Å². The Morgan fingerprint density at radius 1 is 1.03 bits per heavy atom. The maximum absolute atomic E-state index is 12.9. The van der Waals surface area contributed by atoms with Crippen LogP contribution in [0, 0.1) is 0 Å². The van der Waals surface area contributed by atoms with Gasteiger partial charge in [-0.1, -0.05) is 19.9 Å². The quantitative estimate of drug-likeness (QED) is 0.502. The monoisotopic (exact) mass is 508 g/mol. The zero-order chi connectivity index (χ0) is 26.5. The van der Waals surface area contributed by atoms with Gasteiger partial charge in [0.25, 0.3) is 0 Å². The number of hydrogen-bond acceptors (Lipinski definition) is 4. The number of amides is 2. The van der Waals surface area contributed by atoms with Crippen LogP contribution in [-0.2, 0) is 17.4 Å². The van der Waals surface area contributed by atoms with E-state index in [9.17, 15) is 22.8 Å². The molecule has 2 N–H and O–H groups in total. The number of carboxylic acid groups (broad SMARTS) is 1. The molecule has 0 aromatic heterocycles. The summed E-state index contributed by atoms with van der Waals surface area (Å²) in [6.07, 6.45) is -1.84. The standard InChI is InChI=1S/C24H25F3N2O5.C2H6/c1-33-21-10-14(11-22(30)31)2-9-20(21)34-19-12-17-7-8-18(13-19)29(17)23(32)28-16-5-3-15(4-6-16)24(25,26)27;1-2/h2-6,9-10,17-19H,7-8,11-13H2,1H3,(H,28,32)(H,30,31);1-2H3. The van der Waals surface area contributed by atoms with Gasteiger partial charge in [0, 0.05) is 30.6 Å². The Labute approximate surface area is 208 Å². The second-order valence-corrected chi connectivity index (χ2v) is 8.56. The first-order chi connectivity index (χ1) is 17.1. The number of nitrogens with zero attached hydrogens (tertiary/aromatic N) is 1. The van der Waals surface area contributed by atoms with E-state index in [1.165, 1.54) is 19.2 Å². The summed E-state index contributed by atoms with van der Waals surface area (Å²) in [5.74, 6) is 0.0338. The molecule has 4 rings (SSSR count). The summed E-state index contributed by atoms with van der Waals surface area (Å²) >= 11 is 0. The third-order valence-corrected chi connectivity index (χ3v) is 6.26. The highest BCUT2D eigenvalue weighted by atomic mass is 19.4. The van der Waals surface area contributed by atoms with Crippen molar-refractivity contribution < 1.29 is 37.3 Å². The molecule has 2 aromatic rings. The van der Waals surface area contributed by atoms with Crippen molar-refractivity contribution >= 4 is 17.7 Å². The average Bonchev–Trinajstić information content (AvgIpc) is 3.11. The fraction of sp³-hybridized carbons (Fsp3) is 0.462. The number of carbonyl (C=O) groups is 2. The molecule has 2 unspecified atom stereocenters. The Kier molecular flexibility index (Phi) is 8.70. The summed E-state index contributed by atoms with van der Waals surface area (Å²) in [6.45, 7) is 4.00. The molecule has 2 bridgehead atoms. The number of benzene rings is 2. The van der Waals surface area contributed by atoms with E-state index in [1.54, 1.807) is 23.1 Å². The highest BCUT2D eigenvalue weighted by Gasteiger charge is 2.44. The van der Waals surface area contributed by atoms with Crippen molar-refractivity contribution in [1.82, 2.24) is 4.90 Å². The van der Waals surface area contributed by atoms with Crippen molar-refractivity contribution in [2.45, 2.75) is 70.3 Å². The Balaban J connectivity index is 0.00000176. The van der Waals surface area contributed by atoms with Crippen molar-refractivity contribution in [1.29, 1.82) is 0 Å². The summed E-state index contributed by atoms with van der Waals surface area (Å²) in [5.41, 5.74) is 0.142. The highest BCUT2D eigenvalue weighted by molar-refractivity contribution is 5.90. The van der Waals surface area contributed by atoms with E-state index in [0.717, 1.165) is 25.0 Å². The summed E-state index contributed by atoms with van der Waals surface area (Å²) < 4.78 is 49.8. The number of rotatable bonds is 6. The van der Waals surface area contributed by atoms with E-state index in [1.807, 2.05) is 13.8 Å². The fourth-order valence-corrected chi connectivity index (χ4v) is 4.76. The summed E-state index contributed by atoms with van der Waals surface area (Å²) in [7, 11) is 1.49. The molecular weight excluding hydrogens is 477 g/mol. The molecule has 10 heteroatoms. The lowest BCUT2D eigenvalue weighted by molar-refractivity contribution is -0.138. The van der Waals surface area contributed by atoms with Gasteiger partial charge >= 0.3 is 18.2 Å². The van der Waals surface area contributed by atoms with Gasteiger partial charge in [-0.3, -0.25) is 4.79 Å². The van der Waals surface area contributed by atoms with Crippen molar-refractivity contribution in [2.24, 2.45) is 0 Å². The van der Waals surface area contributed by atoms with Gasteiger partial charge in [0.15, 0.2) is 11.5 Å². The number of alkyl halides is 3. The SMILES string of the molecule is CC.COc1cc(CC(=O)O)ccc1OC1CC2CCC(C1)N2C(=O)Nc1ccc(C(F)(F)F)cc1. The number of nitrogens with one attached hydrogen (secondary N) is 1. The second-order valence-electron chi connectivity index (χ2n) is 8.56. The first kappa shape index (κ1) is 27.2. The van der Waals surface area contributed by atoms with Crippen LogP contribution in [0.1, 0.15) is 50.7 Å². The summed E-state index contributed by atoms with van der Waals surface area (Å²) in [6, 6.07) is 8.99. The maximum Gasteiger partial charge on any atom is 0.416 e. The normalized spacial score (nSPS) is 20.7. The number of methoxy groups -OCH3 is 1. The molecule has 2 aliphatic heterocycles. The molecule has 0 aliphatic carbocycles. The number of aliphatic carboxylic acids is 1. The van der Waals surface area contributed by atoms with E-state index in [2.05, 4.69) is 5.32 Å². The second kappa shape index (κ2) is 11.5. The van der Waals surface area contributed by atoms with E-state index in [4.69, 9.17) is 14.6 Å². The number of halogens is 3. The third kappa shape index (κ3) is 6.41. The van der Waals surface area contributed by atoms with Gasteiger partial charge in [-0.05, 0) is 54.8 Å². The van der Waals surface area contributed by atoms with Crippen LogP contribution in [0.2, 0.25) is 0 Å². The Bertz CT molecular complexity index is 1040. The van der Waals surface area contributed by atoms with Crippen LogP contribution in [0.5, 0.6) is 11.5 Å². The predicted molar refractivity (Wildman–Crippen MR) is 128 cm³/mol. The molecular formula is C26H31F3N2O5. The van der Waals surface area contributed by atoms with Crippen molar-refractivity contribution in [3.63, 3.8) is 0 Å². The minimum atomic E-state index is -4.43. The molecule has 2 aliphatic rings. The van der Waals surface area contributed by atoms with Crippen LogP contribution >= 0.6 is 0 Å². The van der Waals surface area contributed by atoms with Gasteiger partial charge in [0.05, 0.1) is 19.1 Å². The van der Waals surface area contributed by atoms with Crippen LogP contribution in [0.25, 0.3) is 0 Å². The zero-order valence-corrected chi connectivity index (χ0v) is 20.5. The van der Waals surface area contributed by atoms with Crippen LogP contribution in [0.15, 0.2) is 42.5 Å². The van der Waals surface area contributed by atoms with Crippen molar-refractivity contribution in [2.75, 3.05) is 12.4 Å². The minimum Gasteiger partial charge on any atom is -0.493 e. The van der Waals surface area contributed by atoms with Crippen LogP contribution < -0.4 is 14.8 Å². The molecule has 2 atom stereocenters. The number of carboxylic acids is 1. The molecule has 2 aromatic carbocycles. The number of hydrogen-bond donors (Lipinski definition) is 2. The molecule has 2 heterocycles. The molecule has 2 amide bonds. The number of piperidine rings is 1. The number of ether oxygens (including phenoxy) is 2. The van der Waals surface area contributed by atoms with Gasteiger partial charge in [-0.2, -0.15) is 13.2 Å². The lowest BCUT2D eigenvalue weighted by atomic mass is 10.00. The first-order valence-electron chi connectivity index (χ1n) is 12.0. The summed E-state index contributed by atoms with van der Waals surface area (Å²) in [4.78, 5) is 25.6. The zero-order valence-electron chi connectivity index (χ0n) is 20.5. The van der Waals surface area contributed by atoms with E-state index >= 15 is 0 Å². The molecule has 36 heavy (non-hydrogen) atoms. The number of carbonyl (C=O) groups excluding carboxylic acids is 1. The van der Waals surface area contributed by atoms with Crippen LogP contribution in [0.3, 0.4) is 0 Å². The summed E-state index contributed by atoms with van der Waals surface area (Å²) in [5, 5.41) is 11.7. The Morgan fingerprint density at radius 3 is 2.17 bits per heavy atom. The Hall–Kier alpha value is -3.43. The predicted octanol–water partition coefficient (Wildman–Crippen LogP) is 5.97. The van der Waals surface area contributed by atoms with Crippen LogP contribution in [-0.4, -0.2) is 47.3 Å². The Morgan fingerprint density at radius 2 is 1.64 bits per heavy atom. The fourth-order valence-electron chi connectivity index (χ4n) is 4.76. The molecule has 0 spiro atoms. The average molecular weight is 509 g/mol. The molecule has 0 saturated carbocycles. The van der Waals surface area contributed by atoms with Gasteiger partial charge in [0.1, 0.15) is 6.10 Å². The van der Waals surface area contributed by atoms with Crippen LogP contribution in [0.4, 0.5) is 23.7 Å². The van der Waals surface area contributed by atoms with Gasteiger partial charge < -0.3 is 24.8 Å². The van der Waals surface area contributed by atoms with Crippen molar-refractivity contribution in [3.05, 3.63) is 53.6 Å². The molecule has 196 valence electrons. The molecule has 2 fully saturated rings. The van der Waals surface area contributed by atoms with Gasteiger partial charge in [-0.25, -0.2) is 4.79 Å². The number of urea groups is 1. The lowest BCUT2D eigenvalue weighted by Gasteiger charge is -2.39. The molecule has 0 radical (unpaired) electrons. The third-order valence-electron chi connectivity index (χ3n) is 6.26. The van der Waals surface area contributed by atoms with E-state index in [-0.39, 0.29) is 30.6 Å². The maximum atomic E-state index is 12.9. The molecule has 7 nitrogen and oxygen atoms in total. The topological polar surface area (TPSA) is 88.1 Å². The first-order valence-corrected chi connectivity index (χ1v) is 12.0. The van der Waals surface area contributed by atoms with E-state index < -0.39 is 17.7 Å². The smallest absolute Gasteiger partial charge is 0.416 e. The minimum absolute atomic E-state index is 0.0459. The van der Waals surface area contributed by atoms with Gasteiger partial charge in [0.2, 0.25) is 0 Å². The molecule has 2 saturated heterocycles. The number of fused-ring (bicyclic) bond motifs is 2. The highest BCUT2D eigenvalue weighted by Crippen LogP contribution is 2.39.